The van der Waals surface area contributed by atoms with Gasteiger partial charge in [0.25, 0.3) is 0 Å². The average Bonchev–Trinajstić information content (AvgIpc) is 3.22. The summed E-state index contributed by atoms with van der Waals surface area (Å²) < 4.78 is 1.10. The number of hydrogen-bond donors (Lipinski definition) is 0. The van der Waals surface area contributed by atoms with Gasteiger partial charge in [0, 0.05) is 4.47 Å². The van der Waals surface area contributed by atoms with Crippen LogP contribution in [0.25, 0.3) is 43.4 Å². The van der Waals surface area contributed by atoms with Gasteiger partial charge in [0.15, 0.2) is 0 Å². The van der Waals surface area contributed by atoms with E-state index in [4.69, 9.17) is 0 Å². The van der Waals surface area contributed by atoms with Crippen molar-refractivity contribution in [1.29, 1.82) is 0 Å². The van der Waals surface area contributed by atoms with Gasteiger partial charge >= 0.3 is 0 Å². The van der Waals surface area contributed by atoms with Gasteiger partial charge in [0.05, 0.1) is 5.41 Å². The molecule has 8 rings (SSSR count). The van der Waals surface area contributed by atoms with Crippen molar-refractivity contribution in [3.05, 3.63) is 154 Å². The number of rotatable bonds is 2. The Morgan fingerprint density at radius 3 is 1.94 bits per heavy atom. The normalized spacial score (nSPS) is 16.6. The summed E-state index contributed by atoms with van der Waals surface area (Å²) in [5.41, 5.74) is 7.52. The van der Waals surface area contributed by atoms with Crippen molar-refractivity contribution in [1.82, 2.24) is 0 Å². The molecule has 0 aliphatic heterocycles. The minimum Gasteiger partial charge on any atom is -0.0622 e. The van der Waals surface area contributed by atoms with Crippen LogP contribution >= 0.6 is 15.9 Å². The Kier molecular flexibility index (Phi) is 4.10. The van der Waals surface area contributed by atoms with Gasteiger partial charge in [-0.05, 0) is 77.8 Å². The molecule has 0 radical (unpaired) electrons. The molecule has 7 aromatic rings. The second-order valence-electron chi connectivity index (χ2n) is 9.82. The Bertz CT molecular complexity index is 1930. The molecule has 1 aliphatic carbocycles. The van der Waals surface area contributed by atoms with Gasteiger partial charge in [-0.3, -0.25) is 0 Å². The van der Waals surface area contributed by atoms with Crippen molar-refractivity contribution in [2.24, 2.45) is 0 Å². The SMILES string of the molecule is Brc1ccc2c(c1)C(c1ccccc1)(c1ccc3ccc4cccc5ccc1c3c45)c1ccccc1-2. The lowest BCUT2D eigenvalue weighted by molar-refractivity contribution is 0.776. The zero-order valence-corrected chi connectivity index (χ0v) is 21.1. The Morgan fingerprint density at radius 2 is 1.11 bits per heavy atom. The van der Waals surface area contributed by atoms with E-state index >= 15 is 0 Å². The Hall–Kier alpha value is -3.94. The minimum atomic E-state index is -0.417. The Balaban J connectivity index is 1.62. The zero-order chi connectivity index (χ0) is 23.9. The number of fused-ring (bicyclic) bond motifs is 3. The van der Waals surface area contributed by atoms with Crippen LogP contribution in [0.1, 0.15) is 22.3 Å². The van der Waals surface area contributed by atoms with Gasteiger partial charge in [0.2, 0.25) is 0 Å². The first-order valence-corrected chi connectivity index (χ1v) is 13.2. The van der Waals surface area contributed by atoms with E-state index in [0.717, 1.165) is 4.47 Å². The fourth-order valence-electron chi connectivity index (χ4n) is 6.76. The highest BCUT2D eigenvalue weighted by atomic mass is 79.9. The number of halogens is 1. The van der Waals surface area contributed by atoms with E-state index < -0.39 is 5.41 Å². The molecular formula is C35H21Br. The van der Waals surface area contributed by atoms with Crippen LogP contribution in [0.4, 0.5) is 0 Å². The van der Waals surface area contributed by atoms with Gasteiger partial charge < -0.3 is 0 Å². The lowest BCUT2D eigenvalue weighted by Gasteiger charge is -2.35. The summed E-state index contributed by atoms with van der Waals surface area (Å²) >= 11 is 3.81. The van der Waals surface area contributed by atoms with E-state index in [0.29, 0.717) is 0 Å². The molecule has 7 aromatic carbocycles. The molecule has 1 heteroatoms. The molecular weight excluding hydrogens is 500 g/mol. The van der Waals surface area contributed by atoms with E-state index in [1.54, 1.807) is 0 Å². The van der Waals surface area contributed by atoms with E-state index in [1.165, 1.54) is 65.7 Å². The van der Waals surface area contributed by atoms with Crippen LogP contribution in [0.5, 0.6) is 0 Å². The van der Waals surface area contributed by atoms with E-state index in [-0.39, 0.29) is 0 Å². The molecule has 168 valence electrons. The first-order valence-electron chi connectivity index (χ1n) is 12.4. The average molecular weight is 521 g/mol. The molecule has 0 nitrogen and oxygen atoms in total. The topological polar surface area (TPSA) is 0 Å². The molecule has 0 aromatic heterocycles. The third kappa shape index (κ3) is 2.49. The minimum absolute atomic E-state index is 0.417. The third-order valence-corrected chi connectivity index (χ3v) is 8.64. The van der Waals surface area contributed by atoms with Gasteiger partial charge in [-0.2, -0.15) is 0 Å². The summed E-state index contributed by atoms with van der Waals surface area (Å²) in [5, 5.41) is 7.93. The van der Waals surface area contributed by atoms with Crippen LogP contribution in [0.15, 0.2) is 132 Å². The van der Waals surface area contributed by atoms with E-state index in [1.807, 2.05) is 0 Å². The summed E-state index contributed by atoms with van der Waals surface area (Å²) in [7, 11) is 0. The smallest absolute Gasteiger partial charge is 0.0622 e. The maximum absolute atomic E-state index is 3.81. The molecule has 0 fully saturated rings. The quantitative estimate of drug-likeness (QED) is 0.199. The zero-order valence-electron chi connectivity index (χ0n) is 19.5. The van der Waals surface area contributed by atoms with Crippen molar-refractivity contribution in [2.75, 3.05) is 0 Å². The van der Waals surface area contributed by atoms with Crippen LogP contribution in [-0.4, -0.2) is 0 Å². The van der Waals surface area contributed by atoms with Crippen molar-refractivity contribution >= 4 is 48.2 Å². The monoisotopic (exact) mass is 520 g/mol. The summed E-state index contributed by atoms with van der Waals surface area (Å²) in [4.78, 5) is 0. The van der Waals surface area contributed by atoms with Crippen LogP contribution < -0.4 is 0 Å². The lowest BCUT2D eigenvalue weighted by atomic mass is 9.66. The second kappa shape index (κ2) is 7.29. The molecule has 0 heterocycles. The maximum Gasteiger partial charge on any atom is 0.0719 e. The van der Waals surface area contributed by atoms with E-state index in [9.17, 15) is 0 Å². The van der Waals surface area contributed by atoms with Gasteiger partial charge in [-0.15, -0.1) is 0 Å². The molecule has 0 saturated carbocycles. The van der Waals surface area contributed by atoms with Gasteiger partial charge in [-0.25, -0.2) is 0 Å². The molecule has 0 saturated heterocycles. The molecule has 1 atom stereocenters. The fraction of sp³-hybridized carbons (Fsp3) is 0.0286. The third-order valence-electron chi connectivity index (χ3n) is 8.15. The van der Waals surface area contributed by atoms with Crippen LogP contribution in [0.2, 0.25) is 0 Å². The van der Waals surface area contributed by atoms with Crippen LogP contribution in [0.3, 0.4) is 0 Å². The molecule has 0 amide bonds. The van der Waals surface area contributed by atoms with Crippen LogP contribution in [0, 0.1) is 0 Å². The molecule has 1 unspecified atom stereocenters. The number of benzene rings is 7. The predicted octanol–water partition coefficient (Wildman–Crippen LogP) is 9.71. The standard InChI is InChI=1S/C35H21Br/c36-26-17-19-28-27-11-4-5-12-30(27)35(32(28)21-26,25-9-2-1-3-10-25)31-20-16-24-14-13-22-7-6-8-23-15-18-29(31)34(24)33(22)23/h1-21H. The summed E-state index contributed by atoms with van der Waals surface area (Å²) in [6.45, 7) is 0. The lowest BCUT2D eigenvalue weighted by Crippen LogP contribution is -2.29. The molecule has 0 bridgehead atoms. The second-order valence-corrected chi connectivity index (χ2v) is 10.7. The van der Waals surface area contributed by atoms with Gasteiger partial charge in [0.1, 0.15) is 0 Å². The summed E-state index contributed by atoms with van der Waals surface area (Å²) in [5.74, 6) is 0. The van der Waals surface area contributed by atoms with Crippen molar-refractivity contribution in [2.45, 2.75) is 5.41 Å². The maximum atomic E-state index is 3.81. The highest BCUT2D eigenvalue weighted by Crippen LogP contribution is 2.58. The van der Waals surface area contributed by atoms with Gasteiger partial charge in [-0.1, -0.05) is 131 Å². The fourth-order valence-corrected chi connectivity index (χ4v) is 7.12. The largest absolute Gasteiger partial charge is 0.0719 e. The molecule has 1 aliphatic rings. The molecule has 0 N–H and O–H groups in total. The Labute approximate surface area is 218 Å². The predicted molar refractivity (Wildman–Crippen MR) is 155 cm³/mol. The van der Waals surface area contributed by atoms with E-state index in [2.05, 4.69) is 143 Å². The van der Waals surface area contributed by atoms with Crippen molar-refractivity contribution < 1.29 is 0 Å². The van der Waals surface area contributed by atoms with Crippen molar-refractivity contribution in [3.63, 3.8) is 0 Å². The van der Waals surface area contributed by atoms with Crippen LogP contribution in [-0.2, 0) is 5.41 Å². The molecule has 36 heavy (non-hydrogen) atoms. The highest BCUT2D eigenvalue weighted by molar-refractivity contribution is 9.10. The molecule has 0 spiro atoms. The summed E-state index contributed by atoms with van der Waals surface area (Å²) in [6.07, 6.45) is 0. The highest BCUT2D eigenvalue weighted by Gasteiger charge is 2.47. The first kappa shape index (κ1) is 20.3. The Morgan fingerprint density at radius 1 is 0.444 bits per heavy atom. The number of hydrogen-bond acceptors (Lipinski definition) is 0. The summed E-state index contributed by atoms with van der Waals surface area (Å²) in [6, 6.07) is 47.3. The van der Waals surface area contributed by atoms with Crippen molar-refractivity contribution in [3.8, 4) is 11.1 Å². The first-order chi connectivity index (χ1) is 17.8.